The van der Waals surface area contributed by atoms with Crippen LogP contribution in [-0.4, -0.2) is 0 Å². The minimum atomic E-state index is 1.29. The molecule has 0 aromatic heterocycles. The Kier molecular flexibility index (Phi) is 24.5. The Balaban J connectivity index is 2.97. The highest BCUT2D eigenvalue weighted by molar-refractivity contribution is 4.76. The van der Waals surface area contributed by atoms with Gasteiger partial charge in [0.15, 0.2) is 0 Å². The van der Waals surface area contributed by atoms with Gasteiger partial charge >= 0.3 is 0 Å². The van der Waals surface area contributed by atoms with Crippen molar-refractivity contribution in [3.63, 3.8) is 0 Å². The molecule has 0 unspecified atom stereocenters. The average molecular weight is 365 g/mol. The van der Waals surface area contributed by atoms with Crippen LogP contribution in [-0.2, 0) is 0 Å². The fourth-order valence-electron chi connectivity index (χ4n) is 3.86. The summed E-state index contributed by atoms with van der Waals surface area (Å²) in [5, 5.41) is 0. The Labute approximate surface area is 167 Å². The van der Waals surface area contributed by atoms with E-state index in [4.69, 9.17) is 0 Å². The molecule has 0 aromatic rings. The second kappa shape index (κ2) is 24.7. The maximum atomic E-state index is 2.30. The van der Waals surface area contributed by atoms with Crippen molar-refractivity contribution in [1.29, 1.82) is 0 Å². The predicted octanol–water partition coefficient (Wildman–Crippen LogP) is 10.2. The van der Waals surface area contributed by atoms with E-state index in [-0.39, 0.29) is 0 Å². The third-order valence-corrected chi connectivity index (χ3v) is 5.71. The normalized spacial score (nSPS) is 11.6. The highest BCUT2D eigenvalue weighted by Crippen LogP contribution is 2.15. The van der Waals surface area contributed by atoms with E-state index in [0.717, 1.165) is 0 Å². The fourth-order valence-corrected chi connectivity index (χ4v) is 3.86. The molecule has 0 aliphatic heterocycles. The maximum absolute atomic E-state index is 2.30. The number of allylic oxidation sites excluding steroid dienone is 2. The van der Waals surface area contributed by atoms with Crippen molar-refractivity contribution in [2.75, 3.05) is 0 Å². The molecule has 0 saturated heterocycles. The molecule has 26 heavy (non-hydrogen) atoms. The van der Waals surface area contributed by atoms with Gasteiger partial charge in [0.25, 0.3) is 0 Å². The molecule has 0 aromatic carbocycles. The van der Waals surface area contributed by atoms with Gasteiger partial charge < -0.3 is 0 Å². The van der Waals surface area contributed by atoms with E-state index in [9.17, 15) is 0 Å². The molecule has 0 spiro atoms. The second-order valence-electron chi connectivity index (χ2n) is 8.43. The van der Waals surface area contributed by atoms with Crippen molar-refractivity contribution in [1.82, 2.24) is 0 Å². The summed E-state index contributed by atoms with van der Waals surface area (Å²) >= 11 is 0. The molecule has 0 aliphatic carbocycles. The standard InChI is InChI=1S/C26H52/c1-3-5-7-9-11-13-15-17-19-21-23-25-26-24-22-20-18-16-14-12-10-8-6-4-2/h3,5H,4,6-26H2,1-2H3/b5-3+. The van der Waals surface area contributed by atoms with Gasteiger partial charge in [-0.2, -0.15) is 0 Å². The van der Waals surface area contributed by atoms with E-state index < -0.39 is 0 Å². The van der Waals surface area contributed by atoms with Gasteiger partial charge in [0.05, 0.1) is 0 Å². The third-order valence-electron chi connectivity index (χ3n) is 5.71. The van der Waals surface area contributed by atoms with Gasteiger partial charge in [-0.3, -0.25) is 0 Å². The summed E-state index contributed by atoms with van der Waals surface area (Å²) < 4.78 is 0. The lowest BCUT2D eigenvalue weighted by Crippen LogP contribution is -1.84. The smallest absolute Gasteiger partial charge is 0.0351 e. The minimum absolute atomic E-state index is 1.29. The van der Waals surface area contributed by atoms with Crippen LogP contribution in [0.4, 0.5) is 0 Å². The quantitative estimate of drug-likeness (QED) is 0.132. The molecule has 0 radical (unpaired) electrons. The van der Waals surface area contributed by atoms with Crippen LogP contribution in [0.15, 0.2) is 12.2 Å². The molecule has 0 bridgehead atoms. The molecule has 0 rings (SSSR count). The molecular formula is C26H52. The lowest BCUT2D eigenvalue weighted by molar-refractivity contribution is 0.520. The van der Waals surface area contributed by atoms with E-state index in [1.54, 1.807) is 0 Å². The van der Waals surface area contributed by atoms with Crippen molar-refractivity contribution >= 4 is 0 Å². The predicted molar refractivity (Wildman–Crippen MR) is 122 cm³/mol. The Hall–Kier alpha value is -0.260. The Bertz CT molecular complexity index is 253. The zero-order chi connectivity index (χ0) is 19.0. The first-order valence-electron chi connectivity index (χ1n) is 12.5. The summed E-state index contributed by atoms with van der Waals surface area (Å²) in [6, 6.07) is 0. The Morgan fingerprint density at radius 3 is 0.923 bits per heavy atom. The van der Waals surface area contributed by atoms with E-state index in [2.05, 4.69) is 26.0 Å². The number of rotatable bonds is 22. The summed E-state index contributed by atoms with van der Waals surface area (Å²) in [5.74, 6) is 0. The summed E-state index contributed by atoms with van der Waals surface area (Å²) in [6.45, 7) is 4.42. The van der Waals surface area contributed by atoms with Crippen molar-refractivity contribution < 1.29 is 0 Å². The van der Waals surface area contributed by atoms with Crippen LogP contribution < -0.4 is 0 Å². The SMILES string of the molecule is C/C=C/CCCCCCCCCCCCCCCCCCCCCCC. The van der Waals surface area contributed by atoms with Gasteiger partial charge in [0.2, 0.25) is 0 Å². The molecule has 0 atom stereocenters. The largest absolute Gasteiger partial charge is 0.0917 e. The molecule has 0 amide bonds. The zero-order valence-electron chi connectivity index (χ0n) is 18.7. The van der Waals surface area contributed by atoms with Crippen LogP contribution >= 0.6 is 0 Å². The molecule has 0 saturated carbocycles. The zero-order valence-corrected chi connectivity index (χ0v) is 18.7. The van der Waals surface area contributed by atoms with E-state index in [1.807, 2.05) is 0 Å². The molecule has 156 valence electrons. The van der Waals surface area contributed by atoms with Gasteiger partial charge in [-0.05, 0) is 19.8 Å². The molecular weight excluding hydrogens is 312 g/mol. The molecule has 0 fully saturated rings. The van der Waals surface area contributed by atoms with Crippen LogP contribution in [0.3, 0.4) is 0 Å². The van der Waals surface area contributed by atoms with Gasteiger partial charge in [-0.15, -0.1) is 0 Å². The summed E-state index contributed by atoms with van der Waals surface area (Å²) in [6.07, 6.45) is 36.6. The molecule has 0 heterocycles. The minimum Gasteiger partial charge on any atom is -0.0917 e. The maximum Gasteiger partial charge on any atom is -0.0351 e. The van der Waals surface area contributed by atoms with Crippen LogP contribution in [0.1, 0.15) is 155 Å². The van der Waals surface area contributed by atoms with Crippen LogP contribution in [0.25, 0.3) is 0 Å². The first kappa shape index (κ1) is 25.7. The lowest BCUT2D eigenvalue weighted by Gasteiger charge is -2.04. The highest BCUT2D eigenvalue weighted by Gasteiger charge is 1.95. The summed E-state index contributed by atoms with van der Waals surface area (Å²) in [5.41, 5.74) is 0. The topological polar surface area (TPSA) is 0 Å². The van der Waals surface area contributed by atoms with E-state index in [0.29, 0.717) is 0 Å². The number of hydrogen-bond donors (Lipinski definition) is 0. The van der Waals surface area contributed by atoms with E-state index >= 15 is 0 Å². The molecule has 0 heteroatoms. The highest BCUT2D eigenvalue weighted by atomic mass is 14.0. The van der Waals surface area contributed by atoms with Crippen molar-refractivity contribution in [2.24, 2.45) is 0 Å². The van der Waals surface area contributed by atoms with Crippen molar-refractivity contribution in [3.8, 4) is 0 Å². The lowest BCUT2D eigenvalue weighted by atomic mass is 10.0. The first-order valence-corrected chi connectivity index (χ1v) is 12.5. The van der Waals surface area contributed by atoms with Crippen molar-refractivity contribution in [2.45, 2.75) is 155 Å². The van der Waals surface area contributed by atoms with Gasteiger partial charge in [-0.1, -0.05) is 147 Å². The monoisotopic (exact) mass is 364 g/mol. The van der Waals surface area contributed by atoms with Gasteiger partial charge in [0, 0.05) is 0 Å². The van der Waals surface area contributed by atoms with Crippen LogP contribution in [0.5, 0.6) is 0 Å². The summed E-state index contributed by atoms with van der Waals surface area (Å²) in [7, 11) is 0. The van der Waals surface area contributed by atoms with Crippen LogP contribution in [0, 0.1) is 0 Å². The molecule has 0 aliphatic rings. The Morgan fingerprint density at radius 1 is 0.385 bits per heavy atom. The van der Waals surface area contributed by atoms with Gasteiger partial charge in [-0.25, -0.2) is 0 Å². The average Bonchev–Trinajstić information content (AvgIpc) is 2.66. The van der Waals surface area contributed by atoms with Gasteiger partial charge in [0.1, 0.15) is 0 Å². The number of unbranched alkanes of at least 4 members (excludes halogenated alkanes) is 21. The number of hydrogen-bond acceptors (Lipinski definition) is 0. The summed E-state index contributed by atoms with van der Waals surface area (Å²) in [4.78, 5) is 0. The molecule has 0 nitrogen and oxygen atoms in total. The van der Waals surface area contributed by atoms with Crippen molar-refractivity contribution in [3.05, 3.63) is 12.2 Å². The third kappa shape index (κ3) is 23.7. The molecule has 0 N–H and O–H groups in total. The first-order chi connectivity index (χ1) is 12.9. The Morgan fingerprint density at radius 2 is 0.654 bits per heavy atom. The van der Waals surface area contributed by atoms with E-state index in [1.165, 1.54) is 141 Å². The fraction of sp³-hybridized carbons (Fsp3) is 0.923. The second-order valence-corrected chi connectivity index (χ2v) is 8.43. The van der Waals surface area contributed by atoms with Crippen LogP contribution in [0.2, 0.25) is 0 Å².